The number of carbonyl (C=O) groups is 1. The van der Waals surface area contributed by atoms with Crippen LogP contribution in [0.1, 0.15) is 43.4 Å². The second-order valence-electron chi connectivity index (χ2n) is 7.67. The van der Waals surface area contributed by atoms with Gasteiger partial charge in [0.1, 0.15) is 0 Å². The van der Waals surface area contributed by atoms with E-state index in [1.54, 1.807) is 0 Å². The van der Waals surface area contributed by atoms with Gasteiger partial charge in [0.2, 0.25) is 0 Å². The molecule has 1 aromatic heterocycles. The zero-order valence-electron chi connectivity index (χ0n) is 14.5. The molecule has 0 aromatic carbocycles. The Labute approximate surface area is 143 Å². The first-order valence-corrected chi connectivity index (χ1v) is 9.05. The maximum atomic E-state index is 12.8. The molecular weight excluding hydrogens is 304 g/mol. The van der Waals surface area contributed by atoms with Crippen molar-refractivity contribution in [2.45, 2.75) is 52.0 Å². The molecule has 1 aromatic rings. The van der Waals surface area contributed by atoms with Crippen LogP contribution < -0.4 is 5.32 Å². The van der Waals surface area contributed by atoms with Crippen molar-refractivity contribution in [2.24, 2.45) is 11.3 Å². The summed E-state index contributed by atoms with van der Waals surface area (Å²) >= 11 is 0. The Hall–Kier alpha value is -1.69. The van der Waals surface area contributed by atoms with Crippen LogP contribution >= 0.6 is 0 Å². The van der Waals surface area contributed by atoms with Gasteiger partial charge in [-0.2, -0.15) is 5.10 Å². The quantitative estimate of drug-likeness (QED) is 0.905. The van der Waals surface area contributed by atoms with Crippen molar-refractivity contribution in [1.29, 1.82) is 0 Å². The maximum absolute atomic E-state index is 12.8. The van der Waals surface area contributed by atoms with Crippen molar-refractivity contribution in [1.82, 2.24) is 15.1 Å². The van der Waals surface area contributed by atoms with Crippen molar-refractivity contribution in [3.05, 3.63) is 17.3 Å². The topological polar surface area (TPSA) is 67.4 Å². The van der Waals surface area contributed by atoms with Gasteiger partial charge in [-0.15, -0.1) is 5.10 Å². The average molecular weight is 330 g/mol. The van der Waals surface area contributed by atoms with E-state index in [0.29, 0.717) is 23.2 Å². The third-order valence-electron chi connectivity index (χ3n) is 6.24. The van der Waals surface area contributed by atoms with Crippen LogP contribution in [0.25, 0.3) is 0 Å². The van der Waals surface area contributed by atoms with Gasteiger partial charge < -0.3 is 9.64 Å². The molecule has 130 valence electrons. The molecule has 0 bridgehead atoms. The number of hydrogen-bond donors (Lipinski definition) is 1. The van der Waals surface area contributed by atoms with Gasteiger partial charge in [0.15, 0.2) is 5.82 Å². The van der Waals surface area contributed by atoms with Gasteiger partial charge in [0.05, 0.1) is 5.69 Å². The highest BCUT2D eigenvalue weighted by Crippen LogP contribution is 2.56. The molecule has 2 aliphatic heterocycles. The highest BCUT2D eigenvalue weighted by Gasteiger charge is 2.59. The summed E-state index contributed by atoms with van der Waals surface area (Å²) in [5, 5.41) is 11.1. The maximum Gasteiger partial charge on any atom is 0.323 e. The SMILES string of the molecule is Cc1cc(NC(=O)N2CC3(CCC3)C2C2CCOCC2)nnc1C. The van der Waals surface area contributed by atoms with E-state index in [9.17, 15) is 4.79 Å². The van der Waals surface area contributed by atoms with E-state index in [2.05, 4.69) is 15.5 Å². The zero-order chi connectivity index (χ0) is 16.7. The summed E-state index contributed by atoms with van der Waals surface area (Å²) in [4.78, 5) is 14.8. The molecule has 6 nitrogen and oxygen atoms in total. The molecule has 1 spiro atoms. The molecular formula is C18H26N4O2. The van der Waals surface area contributed by atoms with Crippen LogP contribution in [-0.4, -0.2) is 46.9 Å². The highest BCUT2D eigenvalue weighted by atomic mass is 16.5. The second kappa shape index (κ2) is 5.99. The van der Waals surface area contributed by atoms with Crippen molar-refractivity contribution in [3.8, 4) is 0 Å². The molecule has 0 radical (unpaired) electrons. The lowest BCUT2D eigenvalue weighted by atomic mass is 9.54. The van der Waals surface area contributed by atoms with Crippen molar-refractivity contribution >= 4 is 11.8 Å². The Kier molecular flexibility index (Phi) is 3.95. The average Bonchev–Trinajstić information content (AvgIpc) is 2.50. The lowest BCUT2D eigenvalue weighted by Crippen LogP contribution is -2.72. The van der Waals surface area contributed by atoms with Crippen LogP contribution in [0.2, 0.25) is 0 Å². The molecule has 2 saturated heterocycles. The predicted molar refractivity (Wildman–Crippen MR) is 90.8 cm³/mol. The van der Waals surface area contributed by atoms with Gasteiger partial charge in [-0.1, -0.05) is 6.42 Å². The Morgan fingerprint density at radius 3 is 2.67 bits per heavy atom. The Morgan fingerprint density at radius 2 is 2.04 bits per heavy atom. The normalized spacial score (nSPS) is 25.9. The number of hydrogen-bond acceptors (Lipinski definition) is 4. The fourth-order valence-electron chi connectivity index (χ4n) is 4.61. The molecule has 4 rings (SSSR count). The molecule has 1 unspecified atom stereocenters. The molecule has 1 atom stereocenters. The number of anilines is 1. The molecule has 3 aliphatic rings. The van der Waals surface area contributed by atoms with Crippen molar-refractivity contribution < 1.29 is 9.53 Å². The first-order chi connectivity index (χ1) is 11.6. The summed E-state index contributed by atoms with van der Waals surface area (Å²) < 4.78 is 5.52. The summed E-state index contributed by atoms with van der Waals surface area (Å²) in [7, 11) is 0. The van der Waals surface area contributed by atoms with E-state index in [-0.39, 0.29) is 6.03 Å². The number of nitrogens with zero attached hydrogens (tertiary/aromatic N) is 3. The summed E-state index contributed by atoms with van der Waals surface area (Å²) in [6.45, 7) is 6.45. The van der Waals surface area contributed by atoms with Gasteiger partial charge in [-0.3, -0.25) is 5.32 Å². The number of urea groups is 1. The number of nitrogens with one attached hydrogen (secondary N) is 1. The minimum absolute atomic E-state index is 0.0263. The van der Waals surface area contributed by atoms with Crippen LogP contribution in [0, 0.1) is 25.2 Å². The fraction of sp³-hybridized carbons (Fsp3) is 0.722. The van der Waals surface area contributed by atoms with Gasteiger partial charge in [-0.25, -0.2) is 4.79 Å². The predicted octanol–water partition coefficient (Wildman–Crippen LogP) is 2.91. The Balaban J connectivity index is 1.47. The number of ether oxygens (including phenoxy) is 1. The largest absolute Gasteiger partial charge is 0.381 e. The standard InChI is InChI=1S/C18H26N4O2/c1-12-10-15(21-20-13(12)2)19-17(23)22-11-18(6-3-7-18)16(22)14-4-8-24-9-5-14/h10,14,16H,3-9,11H2,1-2H3,(H,19,21,23). The van der Waals surface area contributed by atoms with Gasteiger partial charge in [0.25, 0.3) is 0 Å². The number of likely N-dealkylation sites (tertiary alicyclic amines) is 1. The van der Waals surface area contributed by atoms with E-state index in [1.165, 1.54) is 19.3 Å². The van der Waals surface area contributed by atoms with Crippen molar-refractivity contribution in [3.63, 3.8) is 0 Å². The molecule has 1 aliphatic carbocycles. The number of carbonyl (C=O) groups excluding carboxylic acids is 1. The third-order valence-corrected chi connectivity index (χ3v) is 6.24. The highest BCUT2D eigenvalue weighted by molar-refractivity contribution is 5.89. The van der Waals surface area contributed by atoms with Crippen molar-refractivity contribution in [2.75, 3.05) is 25.1 Å². The van der Waals surface area contributed by atoms with Gasteiger partial charge >= 0.3 is 6.03 Å². The summed E-state index contributed by atoms with van der Waals surface area (Å²) in [6, 6.07) is 2.24. The number of aryl methyl sites for hydroxylation is 2. The number of amides is 2. The monoisotopic (exact) mass is 330 g/mol. The van der Waals surface area contributed by atoms with Crippen LogP contribution in [0.4, 0.5) is 10.6 Å². The lowest BCUT2D eigenvalue weighted by Gasteiger charge is -2.64. The minimum Gasteiger partial charge on any atom is -0.381 e. The summed E-state index contributed by atoms with van der Waals surface area (Å²) in [5.41, 5.74) is 2.32. The number of aromatic nitrogens is 2. The Bertz CT molecular complexity index is 638. The van der Waals surface area contributed by atoms with E-state index >= 15 is 0 Å². The number of rotatable bonds is 2. The van der Waals surface area contributed by atoms with E-state index in [0.717, 1.165) is 43.9 Å². The molecule has 24 heavy (non-hydrogen) atoms. The van der Waals surface area contributed by atoms with Crippen LogP contribution in [-0.2, 0) is 4.74 Å². The van der Waals surface area contributed by atoms with Crippen LogP contribution in [0.3, 0.4) is 0 Å². The summed E-state index contributed by atoms with van der Waals surface area (Å²) in [5.74, 6) is 1.12. The minimum atomic E-state index is -0.0263. The molecule has 3 fully saturated rings. The molecule has 6 heteroatoms. The zero-order valence-corrected chi connectivity index (χ0v) is 14.5. The fourth-order valence-corrected chi connectivity index (χ4v) is 4.61. The first kappa shape index (κ1) is 15.8. The molecule has 1 N–H and O–H groups in total. The third kappa shape index (κ3) is 2.57. The van der Waals surface area contributed by atoms with E-state index in [4.69, 9.17) is 4.74 Å². The van der Waals surface area contributed by atoms with Gasteiger partial charge in [-0.05, 0) is 57.1 Å². The van der Waals surface area contributed by atoms with Crippen LogP contribution in [0.5, 0.6) is 0 Å². The molecule has 1 saturated carbocycles. The second-order valence-corrected chi connectivity index (χ2v) is 7.67. The van der Waals surface area contributed by atoms with E-state index in [1.807, 2.05) is 24.8 Å². The summed E-state index contributed by atoms with van der Waals surface area (Å²) in [6.07, 6.45) is 5.97. The molecule has 2 amide bonds. The molecule has 3 heterocycles. The van der Waals surface area contributed by atoms with Crippen LogP contribution in [0.15, 0.2) is 6.07 Å². The Morgan fingerprint density at radius 1 is 1.29 bits per heavy atom. The van der Waals surface area contributed by atoms with E-state index < -0.39 is 0 Å². The smallest absolute Gasteiger partial charge is 0.323 e. The lowest BCUT2D eigenvalue weighted by molar-refractivity contribution is -0.135. The first-order valence-electron chi connectivity index (χ1n) is 9.05. The van der Waals surface area contributed by atoms with Gasteiger partial charge in [0, 0.05) is 31.2 Å².